The first kappa shape index (κ1) is 22.3. The van der Waals surface area contributed by atoms with Gasteiger partial charge in [0.15, 0.2) is 0 Å². The molecule has 0 saturated carbocycles. The predicted octanol–water partition coefficient (Wildman–Crippen LogP) is -0.369. The van der Waals surface area contributed by atoms with Crippen molar-refractivity contribution in [3.63, 3.8) is 0 Å². The van der Waals surface area contributed by atoms with Gasteiger partial charge in [-0.2, -0.15) is 0 Å². The molecule has 23 heavy (non-hydrogen) atoms. The summed E-state index contributed by atoms with van der Waals surface area (Å²) in [4.78, 5) is 13.2. The van der Waals surface area contributed by atoms with Crippen molar-refractivity contribution < 1.29 is 30.3 Å². The molecule has 7 heteroatoms. The van der Waals surface area contributed by atoms with Crippen LogP contribution in [-0.4, -0.2) is 81.0 Å². The zero-order valence-electron chi connectivity index (χ0n) is 14.3. The molecule has 0 spiro atoms. The average molecular weight is 335 g/mol. The Hall–Kier alpha value is -0.730. The van der Waals surface area contributed by atoms with Crippen molar-refractivity contribution in [2.24, 2.45) is 0 Å². The number of unbranched alkanes of at least 4 members (excludes halogenated alkanes) is 5. The van der Waals surface area contributed by atoms with E-state index in [9.17, 15) is 25.2 Å². The van der Waals surface area contributed by atoms with E-state index in [0.717, 1.165) is 19.3 Å². The Balaban J connectivity index is 4.05. The lowest BCUT2D eigenvalue weighted by Crippen LogP contribution is -2.49. The van der Waals surface area contributed by atoms with Gasteiger partial charge in [-0.25, -0.2) is 0 Å². The maximum Gasteiger partial charge on any atom is 0.222 e. The second-order valence-corrected chi connectivity index (χ2v) is 6.09. The van der Waals surface area contributed by atoms with Crippen LogP contribution in [0.3, 0.4) is 0 Å². The van der Waals surface area contributed by atoms with E-state index in [1.54, 1.807) is 0 Å². The van der Waals surface area contributed by atoms with Gasteiger partial charge in [-0.15, -0.1) is 0 Å². The number of hydrogen-bond donors (Lipinski definition) is 5. The van der Waals surface area contributed by atoms with Crippen molar-refractivity contribution in [1.29, 1.82) is 0 Å². The molecule has 0 fully saturated rings. The molecule has 0 aromatic heterocycles. The molecule has 0 aliphatic heterocycles. The zero-order chi connectivity index (χ0) is 17.8. The van der Waals surface area contributed by atoms with Gasteiger partial charge in [0, 0.05) is 20.0 Å². The van der Waals surface area contributed by atoms with Gasteiger partial charge in [-0.3, -0.25) is 4.79 Å². The van der Waals surface area contributed by atoms with Gasteiger partial charge in [0.25, 0.3) is 0 Å². The number of carbonyl (C=O) groups is 1. The van der Waals surface area contributed by atoms with Crippen LogP contribution in [-0.2, 0) is 4.79 Å². The lowest BCUT2D eigenvalue weighted by atomic mass is 10.0. The third-order valence-corrected chi connectivity index (χ3v) is 3.96. The smallest absolute Gasteiger partial charge is 0.222 e. The predicted molar refractivity (Wildman–Crippen MR) is 86.7 cm³/mol. The number of rotatable bonds is 13. The maximum absolute atomic E-state index is 11.9. The first-order chi connectivity index (χ1) is 10.8. The minimum absolute atomic E-state index is 0.135. The Morgan fingerprint density at radius 1 is 0.913 bits per heavy atom. The van der Waals surface area contributed by atoms with E-state index >= 15 is 0 Å². The number of carbonyl (C=O) groups excluding carboxylic acids is 1. The van der Waals surface area contributed by atoms with Crippen LogP contribution >= 0.6 is 0 Å². The topological polar surface area (TPSA) is 121 Å². The normalized spacial score (nSPS) is 16.7. The van der Waals surface area contributed by atoms with E-state index in [0.29, 0.717) is 6.42 Å². The number of likely N-dealkylation sites (N-methyl/N-ethyl adjacent to an activating group) is 1. The SMILES string of the molecule is CCCCCCCCC(=O)N(C)C[C@@H](O)[C@H](O)[C@@H](O)[C@@H](O)CO. The third kappa shape index (κ3) is 9.22. The highest BCUT2D eigenvalue weighted by Gasteiger charge is 2.31. The summed E-state index contributed by atoms with van der Waals surface area (Å²) in [5.74, 6) is -0.135. The van der Waals surface area contributed by atoms with Crippen LogP contribution in [0.25, 0.3) is 0 Å². The molecule has 0 bridgehead atoms. The van der Waals surface area contributed by atoms with E-state index in [2.05, 4.69) is 6.92 Å². The molecule has 7 nitrogen and oxygen atoms in total. The molecule has 1 amide bonds. The number of aliphatic hydroxyl groups is 5. The second kappa shape index (κ2) is 12.7. The Morgan fingerprint density at radius 2 is 1.43 bits per heavy atom. The van der Waals surface area contributed by atoms with E-state index in [4.69, 9.17) is 5.11 Å². The summed E-state index contributed by atoms with van der Waals surface area (Å²) in [6, 6.07) is 0. The van der Waals surface area contributed by atoms with Gasteiger partial charge >= 0.3 is 0 Å². The highest BCUT2D eigenvalue weighted by atomic mass is 16.4. The lowest BCUT2D eigenvalue weighted by molar-refractivity contribution is -0.138. The summed E-state index contributed by atoms with van der Waals surface area (Å²) in [7, 11) is 1.52. The van der Waals surface area contributed by atoms with Crippen LogP contribution in [0.2, 0.25) is 0 Å². The summed E-state index contributed by atoms with van der Waals surface area (Å²) < 4.78 is 0. The molecule has 138 valence electrons. The standard InChI is InChI=1S/C16H33NO6/c1-3-4-5-6-7-8-9-14(21)17(2)10-12(19)15(22)16(23)13(20)11-18/h12-13,15-16,18-20,22-23H,3-11H2,1-2H3/t12-,13+,15+,16+/m1/s1. The van der Waals surface area contributed by atoms with Crippen molar-refractivity contribution in [3.05, 3.63) is 0 Å². The van der Waals surface area contributed by atoms with Gasteiger partial charge in [0.05, 0.1) is 6.61 Å². The molecule has 0 radical (unpaired) electrons. The Labute approximate surface area is 138 Å². The molecular weight excluding hydrogens is 302 g/mol. The van der Waals surface area contributed by atoms with Crippen molar-refractivity contribution in [3.8, 4) is 0 Å². The first-order valence-electron chi connectivity index (χ1n) is 8.42. The highest BCUT2D eigenvalue weighted by Crippen LogP contribution is 2.10. The Kier molecular flexibility index (Phi) is 12.3. The maximum atomic E-state index is 11.9. The van der Waals surface area contributed by atoms with Crippen LogP contribution in [0.15, 0.2) is 0 Å². The van der Waals surface area contributed by atoms with Crippen LogP contribution < -0.4 is 0 Å². The molecule has 4 atom stereocenters. The van der Waals surface area contributed by atoms with E-state index < -0.39 is 31.0 Å². The summed E-state index contributed by atoms with van der Waals surface area (Å²) in [5, 5.41) is 47.0. The molecule has 0 heterocycles. The molecule has 0 aliphatic rings. The first-order valence-corrected chi connectivity index (χ1v) is 8.42. The summed E-state index contributed by atoms with van der Waals surface area (Å²) >= 11 is 0. The van der Waals surface area contributed by atoms with E-state index in [1.165, 1.54) is 31.2 Å². The summed E-state index contributed by atoms with van der Waals surface area (Å²) in [6.45, 7) is 1.28. The van der Waals surface area contributed by atoms with Crippen molar-refractivity contribution in [1.82, 2.24) is 4.90 Å². The third-order valence-electron chi connectivity index (χ3n) is 3.96. The summed E-state index contributed by atoms with van der Waals surface area (Å²) in [5.41, 5.74) is 0. The van der Waals surface area contributed by atoms with Crippen LogP contribution in [0.4, 0.5) is 0 Å². The average Bonchev–Trinajstić information content (AvgIpc) is 2.55. The fraction of sp³-hybridized carbons (Fsp3) is 0.938. The largest absolute Gasteiger partial charge is 0.394 e. The highest BCUT2D eigenvalue weighted by molar-refractivity contribution is 5.75. The van der Waals surface area contributed by atoms with E-state index in [1.807, 2.05) is 0 Å². The quantitative estimate of drug-likeness (QED) is 0.293. The summed E-state index contributed by atoms with van der Waals surface area (Å²) in [6.07, 6.45) is 0.593. The van der Waals surface area contributed by atoms with Crippen molar-refractivity contribution >= 4 is 5.91 Å². The lowest BCUT2D eigenvalue weighted by Gasteiger charge is -2.28. The monoisotopic (exact) mass is 335 g/mol. The number of aliphatic hydroxyl groups excluding tert-OH is 5. The van der Waals surface area contributed by atoms with Gasteiger partial charge in [0.2, 0.25) is 5.91 Å². The minimum Gasteiger partial charge on any atom is -0.394 e. The molecule has 5 N–H and O–H groups in total. The molecule has 0 aromatic rings. The van der Waals surface area contributed by atoms with Crippen LogP contribution in [0, 0.1) is 0 Å². The molecule has 0 aromatic carbocycles. The fourth-order valence-corrected chi connectivity index (χ4v) is 2.30. The molecule has 0 rings (SSSR count). The van der Waals surface area contributed by atoms with Gasteiger partial charge in [0.1, 0.15) is 24.4 Å². The van der Waals surface area contributed by atoms with Crippen LogP contribution in [0.1, 0.15) is 51.9 Å². The number of nitrogens with zero attached hydrogens (tertiary/aromatic N) is 1. The van der Waals surface area contributed by atoms with Crippen LogP contribution in [0.5, 0.6) is 0 Å². The van der Waals surface area contributed by atoms with Gasteiger partial charge < -0.3 is 30.4 Å². The van der Waals surface area contributed by atoms with Crippen molar-refractivity contribution in [2.45, 2.75) is 76.3 Å². The second-order valence-electron chi connectivity index (χ2n) is 6.09. The molecule has 0 unspecified atom stereocenters. The Bertz CT molecular complexity index is 315. The van der Waals surface area contributed by atoms with Crippen molar-refractivity contribution in [2.75, 3.05) is 20.2 Å². The zero-order valence-corrected chi connectivity index (χ0v) is 14.3. The molecule has 0 saturated heterocycles. The number of amides is 1. The molecule has 0 aliphatic carbocycles. The van der Waals surface area contributed by atoms with Gasteiger partial charge in [-0.1, -0.05) is 39.0 Å². The minimum atomic E-state index is -1.67. The Morgan fingerprint density at radius 3 is 2.00 bits per heavy atom. The van der Waals surface area contributed by atoms with Gasteiger partial charge in [-0.05, 0) is 6.42 Å². The van der Waals surface area contributed by atoms with E-state index in [-0.39, 0.29) is 12.5 Å². The molecular formula is C16H33NO6. The number of hydrogen-bond acceptors (Lipinski definition) is 6. The fourth-order valence-electron chi connectivity index (χ4n) is 2.30.